The fraction of sp³-hybridized carbons (Fsp3) is 0.758. The summed E-state index contributed by atoms with van der Waals surface area (Å²) in [7, 11) is 0. The Bertz CT molecular complexity index is 1270. The molecule has 0 saturated carbocycles. The first-order valence-corrected chi connectivity index (χ1v) is 28.9. The number of esters is 3. The second-order valence-corrected chi connectivity index (χ2v) is 19.2. The van der Waals surface area contributed by atoms with Crippen LogP contribution in [0.5, 0.6) is 0 Å². The molecule has 0 spiro atoms. The van der Waals surface area contributed by atoms with Crippen molar-refractivity contribution in [2.24, 2.45) is 0 Å². The molecule has 392 valence electrons. The quantitative estimate of drug-likeness (QED) is 0.0262. The number of allylic oxidation sites excluding steroid dienone is 12. The maximum Gasteiger partial charge on any atom is 0.306 e. The zero-order valence-corrected chi connectivity index (χ0v) is 44.9. The van der Waals surface area contributed by atoms with E-state index in [9.17, 15) is 14.4 Å². The summed E-state index contributed by atoms with van der Waals surface area (Å²) >= 11 is 0. The molecule has 0 aromatic rings. The average Bonchev–Trinajstić information content (AvgIpc) is 3.34. The van der Waals surface area contributed by atoms with Crippen LogP contribution in [0.1, 0.15) is 284 Å². The predicted molar refractivity (Wildman–Crippen MR) is 293 cm³/mol. The summed E-state index contributed by atoms with van der Waals surface area (Å²) in [4.78, 5) is 38.1. The Morgan fingerprint density at radius 2 is 0.603 bits per heavy atom. The van der Waals surface area contributed by atoms with Gasteiger partial charge in [0.25, 0.3) is 0 Å². The zero-order chi connectivity index (χ0) is 49.3. The van der Waals surface area contributed by atoms with Crippen LogP contribution in [0, 0.1) is 0 Å². The molecular formula is C62H108O6. The third-order valence-electron chi connectivity index (χ3n) is 12.4. The molecule has 68 heavy (non-hydrogen) atoms. The Morgan fingerprint density at radius 1 is 0.309 bits per heavy atom. The van der Waals surface area contributed by atoms with Crippen LogP contribution in [0.25, 0.3) is 0 Å². The highest BCUT2D eigenvalue weighted by Crippen LogP contribution is 2.15. The molecule has 0 aromatic carbocycles. The van der Waals surface area contributed by atoms with Gasteiger partial charge in [0.15, 0.2) is 6.10 Å². The summed E-state index contributed by atoms with van der Waals surface area (Å²) in [6.45, 7) is 6.45. The van der Waals surface area contributed by atoms with Crippen LogP contribution in [0.4, 0.5) is 0 Å². The summed E-state index contributed by atoms with van der Waals surface area (Å²) in [6.07, 6.45) is 71.9. The predicted octanol–water partition coefficient (Wildman–Crippen LogP) is 19.4. The van der Waals surface area contributed by atoms with Gasteiger partial charge in [-0.2, -0.15) is 0 Å². The van der Waals surface area contributed by atoms with Gasteiger partial charge < -0.3 is 14.2 Å². The Kier molecular flexibility index (Phi) is 53.8. The van der Waals surface area contributed by atoms with Crippen molar-refractivity contribution in [3.8, 4) is 0 Å². The number of hydrogen-bond donors (Lipinski definition) is 0. The summed E-state index contributed by atoms with van der Waals surface area (Å²) in [5.74, 6) is -0.917. The first-order chi connectivity index (χ1) is 33.5. The second kappa shape index (κ2) is 56.4. The lowest BCUT2D eigenvalue weighted by molar-refractivity contribution is -0.167. The fourth-order valence-corrected chi connectivity index (χ4v) is 8.08. The van der Waals surface area contributed by atoms with Crippen LogP contribution < -0.4 is 0 Å². The molecule has 6 nitrogen and oxygen atoms in total. The number of hydrogen-bond acceptors (Lipinski definition) is 6. The number of ether oxygens (including phenoxy) is 3. The Balaban J connectivity index is 4.29. The van der Waals surface area contributed by atoms with Crippen LogP contribution in [0.2, 0.25) is 0 Å². The lowest BCUT2D eigenvalue weighted by Gasteiger charge is -2.18. The summed E-state index contributed by atoms with van der Waals surface area (Å²) in [6, 6.07) is 0. The molecule has 0 heterocycles. The van der Waals surface area contributed by atoms with E-state index in [4.69, 9.17) is 14.2 Å². The van der Waals surface area contributed by atoms with Crippen LogP contribution in [-0.2, 0) is 28.6 Å². The molecule has 0 radical (unpaired) electrons. The molecule has 0 aliphatic rings. The van der Waals surface area contributed by atoms with Crippen molar-refractivity contribution in [3.05, 3.63) is 72.9 Å². The van der Waals surface area contributed by atoms with Gasteiger partial charge in [0, 0.05) is 19.3 Å². The number of rotatable bonds is 52. The molecule has 1 atom stereocenters. The van der Waals surface area contributed by atoms with Gasteiger partial charge in [0.05, 0.1) is 0 Å². The fourth-order valence-electron chi connectivity index (χ4n) is 8.08. The van der Waals surface area contributed by atoms with Gasteiger partial charge in [-0.1, -0.05) is 235 Å². The summed E-state index contributed by atoms with van der Waals surface area (Å²) in [5, 5.41) is 0. The van der Waals surface area contributed by atoms with Gasteiger partial charge >= 0.3 is 17.9 Å². The lowest BCUT2D eigenvalue weighted by atomic mass is 10.0. The van der Waals surface area contributed by atoms with Crippen molar-refractivity contribution in [2.75, 3.05) is 13.2 Å². The van der Waals surface area contributed by atoms with Gasteiger partial charge in [-0.25, -0.2) is 0 Å². The molecule has 0 bridgehead atoms. The van der Waals surface area contributed by atoms with E-state index in [1.54, 1.807) is 0 Å². The standard InChI is InChI=1S/C62H108O6/c1-4-7-10-13-16-19-22-24-26-28-29-30-31-32-33-35-36-38-40-43-46-49-52-55-61(64)67-58-59(57-66-60(63)54-51-48-45-42-21-18-15-12-9-6-3)68-62(65)56-53-50-47-44-41-39-37-34-27-25-23-20-17-14-11-8-5-2/h8,11-12,15,17,20,25,27-29,37,39,59H,4-7,9-10,13-14,16,18-19,21-24,26,30-36,38,40-58H2,1-3H3/b11-8-,15-12-,20-17-,27-25-,29-28-,39-37-. The van der Waals surface area contributed by atoms with Crippen molar-refractivity contribution in [2.45, 2.75) is 290 Å². The van der Waals surface area contributed by atoms with E-state index < -0.39 is 6.10 Å². The Morgan fingerprint density at radius 3 is 0.971 bits per heavy atom. The molecule has 0 aliphatic carbocycles. The van der Waals surface area contributed by atoms with Crippen LogP contribution >= 0.6 is 0 Å². The molecule has 0 N–H and O–H groups in total. The first-order valence-electron chi connectivity index (χ1n) is 28.9. The monoisotopic (exact) mass is 949 g/mol. The van der Waals surface area contributed by atoms with Crippen molar-refractivity contribution < 1.29 is 28.6 Å². The van der Waals surface area contributed by atoms with Crippen molar-refractivity contribution >= 4 is 17.9 Å². The van der Waals surface area contributed by atoms with E-state index >= 15 is 0 Å². The summed E-state index contributed by atoms with van der Waals surface area (Å²) < 4.78 is 16.8. The SMILES string of the molecule is CC/C=C\C/C=C\C/C=C\C/C=C\CCCCCCC(=O)OC(COC(=O)CCCCCCC/C=C\CCC)COC(=O)CCCCCCCCCCCCC/C=C\CCCCCCCCCC. The highest BCUT2D eigenvalue weighted by Gasteiger charge is 2.19. The third-order valence-corrected chi connectivity index (χ3v) is 12.4. The zero-order valence-electron chi connectivity index (χ0n) is 44.9. The number of carbonyl (C=O) groups excluding carboxylic acids is 3. The van der Waals surface area contributed by atoms with E-state index in [1.807, 2.05) is 0 Å². The first kappa shape index (κ1) is 64.8. The Labute approximate surface area is 421 Å². The molecule has 1 unspecified atom stereocenters. The lowest BCUT2D eigenvalue weighted by Crippen LogP contribution is -2.30. The van der Waals surface area contributed by atoms with Crippen molar-refractivity contribution in [3.63, 3.8) is 0 Å². The van der Waals surface area contributed by atoms with E-state index in [0.717, 1.165) is 109 Å². The van der Waals surface area contributed by atoms with Gasteiger partial charge in [0.2, 0.25) is 0 Å². The molecule has 0 saturated heterocycles. The molecular weight excluding hydrogens is 841 g/mol. The minimum absolute atomic E-state index is 0.0878. The van der Waals surface area contributed by atoms with E-state index in [0.29, 0.717) is 19.3 Å². The molecule has 0 amide bonds. The maximum absolute atomic E-state index is 12.8. The van der Waals surface area contributed by atoms with Crippen LogP contribution in [0.3, 0.4) is 0 Å². The van der Waals surface area contributed by atoms with Gasteiger partial charge in [-0.05, 0) is 103 Å². The largest absolute Gasteiger partial charge is 0.462 e. The van der Waals surface area contributed by atoms with Crippen molar-refractivity contribution in [1.29, 1.82) is 0 Å². The molecule has 0 aliphatic heterocycles. The molecule has 0 fully saturated rings. The van der Waals surface area contributed by atoms with Gasteiger partial charge in [0.1, 0.15) is 13.2 Å². The molecule has 0 rings (SSSR count). The topological polar surface area (TPSA) is 78.9 Å². The number of carbonyl (C=O) groups is 3. The highest BCUT2D eigenvalue weighted by molar-refractivity contribution is 5.71. The normalized spacial score (nSPS) is 12.6. The molecule has 6 heteroatoms. The second-order valence-electron chi connectivity index (χ2n) is 19.2. The smallest absolute Gasteiger partial charge is 0.306 e. The van der Waals surface area contributed by atoms with Gasteiger partial charge in [-0.15, -0.1) is 0 Å². The van der Waals surface area contributed by atoms with E-state index in [-0.39, 0.29) is 31.1 Å². The summed E-state index contributed by atoms with van der Waals surface area (Å²) in [5.41, 5.74) is 0. The average molecular weight is 950 g/mol. The van der Waals surface area contributed by atoms with E-state index in [2.05, 4.69) is 93.7 Å². The maximum atomic E-state index is 12.8. The van der Waals surface area contributed by atoms with Crippen LogP contribution in [-0.4, -0.2) is 37.2 Å². The highest BCUT2D eigenvalue weighted by atomic mass is 16.6. The van der Waals surface area contributed by atoms with Crippen molar-refractivity contribution in [1.82, 2.24) is 0 Å². The van der Waals surface area contributed by atoms with E-state index in [1.165, 1.54) is 135 Å². The Hall–Kier alpha value is -3.15. The minimum Gasteiger partial charge on any atom is -0.462 e. The third kappa shape index (κ3) is 53.8. The van der Waals surface area contributed by atoms with Crippen LogP contribution in [0.15, 0.2) is 72.9 Å². The number of unbranched alkanes of at least 4 members (excludes halogenated alkanes) is 29. The molecule has 0 aromatic heterocycles. The van der Waals surface area contributed by atoms with Gasteiger partial charge in [-0.3, -0.25) is 14.4 Å². The minimum atomic E-state index is -0.791.